The van der Waals surface area contributed by atoms with E-state index in [2.05, 4.69) is 79.0 Å². The molecule has 1 aliphatic rings. The minimum Gasteiger partial charge on any atom is -0.481 e. The summed E-state index contributed by atoms with van der Waals surface area (Å²) in [5, 5.41) is 17.3. The molecule has 5 rings (SSSR count). The molecule has 0 radical (unpaired) electrons. The number of fused-ring (bicyclic) bond motifs is 2. The lowest BCUT2D eigenvalue weighted by Gasteiger charge is -2.44. The summed E-state index contributed by atoms with van der Waals surface area (Å²) in [6, 6.07) is 27.2. The molecule has 0 aliphatic heterocycles. The number of rotatable bonds is 8. The molecular weight excluding hydrogens is 444 g/mol. The van der Waals surface area contributed by atoms with E-state index in [1.807, 2.05) is 31.3 Å². The maximum absolute atomic E-state index is 13.0. The summed E-state index contributed by atoms with van der Waals surface area (Å²) in [5.41, 5.74) is 5.28. The Morgan fingerprint density at radius 1 is 1.06 bits per heavy atom. The Balaban J connectivity index is 1.78. The highest BCUT2D eigenvalue weighted by Crippen LogP contribution is 2.51. The van der Waals surface area contributed by atoms with Crippen LogP contribution in [0.2, 0.25) is 0 Å². The van der Waals surface area contributed by atoms with Crippen molar-refractivity contribution in [3.05, 3.63) is 113 Å². The molecule has 0 spiro atoms. The van der Waals surface area contributed by atoms with Gasteiger partial charge >= 0.3 is 0 Å². The first kappa shape index (κ1) is 24.2. The molecule has 184 valence electrons. The van der Waals surface area contributed by atoms with E-state index in [4.69, 9.17) is 9.72 Å². The largest absolute Gasteiger partial charge is 0.481 e. The summed E-state index contributed by atoms with van der Waals surface area (Å²) in [7, 11) is 3.60. The van der Waals surface area contributed by atoms with Crippen molar-refractivity contribution in [2.24, 2.45) is 0 Å². The van der Waals surface area contributed by atoms with Crippen LogP contribution in [0.4, 0.5) is 0 Å². The normalized spacial score (nSPS) is 17.4. The molecule has 4 heteroatoms. The zero-order valence-corrected chi connectivity index (χ0v) is 21.2. The molecule has 3 atom stereocenters. The predicted molar refractivity (Wildman–Crippen MR) is 148 cm³/mol. The lowest BCUT2D eigenvalue weighted by atomic mass is 9.64. The third kappa shape index (κ3) is 4.43. The fourth-order valence-corrected chi connectivity index (χ4v) is 5.80. The minimum atomic E-state index is -1.10. The predicted octanol–water partition coefficient (Wildman–Crippen LogP) is 6.23. The van der Waals surface area contributed by atoms with Crippen molar-refractivity contribution in [2.45, 2.75) is 37.2 Å². The van der Waals surface area contributed by atoms with Crippen LogP contribution in [-0.4, -0.2) is 36.4 Å². The summed E-state index contributed by atoms with van der Waals surface area (Å²) in [6.07, 6.45) is 5.70. The Bertz CT molecular complexity index is 1380. The molecular formula is C32H34N2O2. The van der Waals surface area contributed by atoms with Crippen LogP contribution in [0.3, 0.4) is 0 Å². The summed E-state index contributed by atoms with van der Waals surface area (Å²) in [5.74, 6) is 0.127. The lowest BCUT2D eigenvalue weighted by Crippen LogP contribution is -2.45. The second-order valence-electron chi connectivity index (χ2n) is 9.79. The highest BCUT2D eigenvalue weighted by atomic mass is 16.5. The van der Waals surface area contributed by atoms with E-state index in [1.165, 1.54) is 16.7 Å². The molecule has 4 nitrogen and oxygen atoms in total. The van der Waals surface area contributed by atoms with E-state index in [0.717, 1.165) is 28.5 Å². The van der Waals surface area contributed by atoms with Crippen molar-refractivity contribution in [2.75, 3.05) is 20.7 Å². The molecule has 2 N–H and O–H groups in total. The number of nitrogens with zero attached hydrogens (tertiary/aromatic N) is 1. The molecule has 1 aromatic heterocycles. The fraction of sp³-hybridized carbons (Fsp3) is 0.281. The van der Waals surface area contributed by atoms with E-state index in [9.17, 15) is 5.11 Å². The smallest absolute Gasteiger partial charge is 0.217 e. The van der Waals surface area contributed by atoms with Crippen molar-refractivity contribution in [3.63, 3.8) is 0 Å². The highest BCUT2D eigenvalue weighted by molar-refractivity contribution is 5.81. The van der Waals surface area contributed by atoms with Crippen LogP contribution in [0.5, 0.6) is 5.88 Å². The van der Waals surface area contributed by atoms with E-state index in [-0.39, 0.29) is 11.8 Å². The average Bonchev–Trinajstić information content (AvgIpc) is 2.92. The standard InChI is InChI=1S/C32H34N2O2/c1-22-16-17-29-25(20-22)21-27(31(34-29)36-3)30(24-11-5-4-6-12-24)32(35,18-19-33-2)28-15-9-13-23-10-7-8-14-26(23)28/h4-14,16-17,20-21,28,30,33,35H,15,18-19H2,1-3H3/t28?,30-,32+/m1/s1. The minimum absolute atomic E-state index is 0.0878. The number of nitrogens with one attached hydrogen (secondary N) is 1. The SMILES string of the molecule is CNCC[C@](O)(C1CC=Cc2ccccc21)[C@H](c1ccccc1)c1cc2cc(C)ccc2nc1OC. The van der Waals surface area contributed by atoms with Crippen LogP contribution in [0, 0.1) is 6.92 Å². The van der Waals surface area contributed by atoms with Gasteiger partial charge in [-0.25, -0.2) is 4.98 Å². The molecule has 4 aromatic rings. The zero-order valence-electron chi connectivity index (χ0n) is 21.2. The van der Waals surface area contributed by atoms with E-state index < -0.39 is 5.60 Å². The molecule has 1 unspecified atom stereocenters. The van der Waals surface area contributed by atoms with Crippen LogP contribution >= 0.6 is 0 Å². The van der Waals surface area contributed by atoms with E-state index >= 15 is 0 Å². The molecule has 0 saturated heterocycles. The first-order chi connectivity index (χ1) is 17.5. The molecule has 0 saturated carbocycles. The maximum atomic E-state index is 13.0. The number of hydrogen-bond acceptors (Lipinski definition) is 4. The van der Waals surface area contributed by atoms with Gasteiger partial charge in [0.25, 0.3) is 0 Å². The topological polar surface area (TPSA) is 54.4 Å². The van der Waals surface area contributed by atoms with Crippen molar-refractivity contribution >= 4 is 17.0 Å². The summed E-state index contributed by atoms with van der Waals surface area (Å²) in [4.78, 5) is 4.90. The highest BCUT2D eigenvalue weighted by Gasteiger charge is 2.47. The molecule has 0 amide bonds. The molecule has 1 aliphatic carbocycles. The Hall–Kier alpha value is -3.47. The lowest BCUT2D eigenvalue weighted by molar-refractivity contribution is -0.0119. The van der Waals surface area contributed by atoms with Gasteiger partial charge in [0.15, 0.2) is 0 Å². The van der Waals surface area contributed by atoms with Gasteiger partial charge in [0.2, 0.25) is 5.88 Å². The van der Waals surface area contributed by atoms with Crippen LogP contribution in [-0.2, 0) is 0 Å². The Morgan fingerprint density at radius 3 is 2.61 bits per heavy atom. The van der Waals surface area contributed by atoms with Gasteiger partial charge in [-0.2, -0.15) is 0 Å². The van der Waals surface area contributed by atoms with Gasteiger partial charge in [0, 0.05) is 22.8 Å². The number of aromatic nitrogens is 1. The number of aryl methyl sites for hydroxylation is 1. The average molecular weight is 479 g/mol. The van der Waals surface area contributed by atoms with Crippen molar-refractivity contribution in [3.8, 4) is 5.88 Å². The molecule has 0 fully saturated rings. The number of allylic oxidation sites excluding steroid dienone is 1. The van der Waals surface area contributed by atoms with Gasteiger partial charge in [-0.15, -0.1) is 0 Å². The molecule has 3 aromatic carbocycles. The second kappa shape index (κ2) is 10.3. The van der Waals surface area contributed by atoms with E-state index in [1.54, 1.807) is 7.11 Å². The number of ether oxygens (including phenoxy) is 1. The fourth-order valence-electron chi connectivity index (χ4n) is 5.80. The maximum Gasteiger partial charge on any atom is 0.217 e. The zero-order chi connectivity index (χ0) is 25.1. The summed E-state index contributed by atoms with van der Waals surface area (Å²) in [6.45, 7) is 2.78. The van der Waals surface area contributed by atoms with Gasteiger partial charge in [-0.1, -0.05) is 78.4 Å². The van der Waals surface area contributed by atoms with E-state index in [0.29, 0.717) is 18.8 Å². The monoisotopic (exact) mass is 478 g/mol. The van der Waals surface area contributed by atoms with Gasteiger partial charge in [0.1, 0.15) is 0 Å². The third-order valence-corrected chi connectivity index (χ3v) is 7.52. The summed E-state index contributed by atoms with van der Waals surface area (Å²) >= 11 is 0. The quantitative estimate of drug-likeness (QED) is 0.315. The Kier molecular flexibility index (Phi) is 6.90. The van der Waals surface area contributed by atoms with Gasteiger partial charge in [-0.3, -0.25) is 0 Å². The van der Waals surface area contributed by atoms with Crippen LogP contribution in [0.25, 0.3) is 17.0 Å². The second-order valence-corrected chi connectivity index (χ2v) is 9.79. The van der Waals surface area contributed by atoms with Crippen LogP contribution < -0.4 is 10.1 Å². The first-order valence-corrected chi connectivity index (χ1v) is 12.7. The Morgan fingerprint density at radius 2 is 1.83 bits per heavy atom. The number of pyridine rings is 1. The van der Waals surface area contributed by atoms with Crippen molar-refractivity contribution < 1.29 is 9.84 Å². The van der Waals surface area contributed by atoms with Crippen LogP contribution in [0.1, 0.15) is 52.5 Å². The number of methoxy groups -OCH3 is 1. The Labute approximate surface area is 213 Å². The number of benzene rings is 3. The number of aliphatic hydroxyl groups is 1. The molecule has 1 heterocycles. The first-order valence-electron chi connectivity index (χ1n) is 12.7. The van der Waals surface area contributed by atoms with Crippen molar-refractivity contribution in [1.82, 2.24) is 10.3 Å². The van der Waals surface area contributed by atoms with Gasteiger partial charge < -0.3 is 15.2 Å². The van der Waals surface area contributed by atoms with Crippen LogP contribution in [0.15, 0.2) is 84.9 Å². The number of hydrogen-bond donors (Lipinski definition) is 2. The van der Waals surface area contributed by atoms with Crippen molar-refractivity contribution in [1.29, 1.82) is 0 Å². The third-order valence-electron chi connectivity index (χ3n) is 7.52. The summed E-state index contributed by atoms with van der Waals surface area (Å²) < 4.78 is 5.89. The molecule has 0 bridgehead atoms. The van der Waals surface area contributed by atoms with Gasteiger partial charge in [-0.05, 0) is 68.2 Å². The molecule has 36 heavy (non-hydrogen) atoms. The van der Waals surface area contributed by atoms with Gasteiger partial charge in [0.05, 0.1) is 18.2 Å².